The van der Waals surface area contributed by atoms with Crippen LogP contribution < -0.4 is 5.32 Å². The van der Waals surface area contributed by atoms with E-state index in [1.807, 2.05) is 0 Å². The lowest BCUT2D eigenvalue weighted by atomic mass is 10.0. The molecule has 2 aliphatic rings. The summed E-state index contributed by atoms with van der Waals surface area (Å²) < 4.78 is 0. The molecule has 88 valence electrons. The van der Waals surface area contributed by atoms with Gasteiger partial charge >= 0.3 is 0 Å². The van der Waals surface area contributed by atoms with Crippen molar-refractivity contribution in [3.63, 3.8) is 0 Å². The Balaban J connectivity index is 1.85. The summed E-state index contributed by atoms with van der Waals surface area (Å²) in [6.45, 7) is 8.41. The zero-order valence-corrected chi connectivity index (χ0v) is 10.9. The number of piperazine rings is 1. The largest absolute Gasteiger partial charge is 0.311 e. The molecular formula is C12H24N2S. The van der Waals surface area contributed by atoms with E-state index in [4.69, 9.17) is 0 Å². The maximum atomic E-state index is 3.59. The fourth-order valence-corrected chi connectivity index (χ4v) is 3.99. The van der Waals surface area contributed by atoms with Crippen LogP contribution in [-0.2, 0) is 0 Å². The SMILES string of the molecule is CCC1CNC(C)CN1CC1CCSC1. The van der Waals surface area contributed by atoms with Crippen LogP contribution in [0.4, 0.5) is 0 Å². The van der Waals surface area contributed by atoms with Gasteiger partial charge in [-0.15, -0.1) is 0 Å². The molecule has 2 nitrogen and oxygen atoms in total. The van der Waals surface area contributed by atoms with E-state index in [1.54, 1.807) is 0 Å². The Hall–Kier alpha value is 0.270. The van der Waals surface area contributed by atoms with E-state index < -0.39 is 0 Å². The molecule has 0 aliphatic carbocycles. The third kappa shape index (κ3) is 3.11. The van der Waals surface area contributed by atoms with Gasteiger partial charge in [0.25, 0.3) is 0 Å². The molecule has 0 aromatic heterocycles. The van der Waals surface area contributed by atoms with Crippen molar-refractivity contribution >= 4 is 11.8 Å². The van der Waals surface area contributed by atoms with Crippen LogP contribution in [0.5, 0.6) is 0 Å². The highest BCUT2D eigenvalue weighted by molar-refractivity contribution is 7.99. The molecule has 0 spiro atoms. The molecule has 2 fully saturated rings. The second-order valence-electron chi connectivity index (χ2n) is 5.05. The number of nitrogens with zero attached hydrogens (tertiary/aromatic N) is 1. The van der Waals surface area contributed by atoms with Gasteiger partial charge in [-0.05, 0) is 37.2 Å². The fourth-order valence-electron chi connectivity index (χ4n) is 2.72. The summed E-state index contributed by atoms with van der Waals surface area (Å²) >= 11 is 2.14. The summed E-state index contributed by atoms with van der Waals surface area (Å²) in [7, 11) is 0. The Morgan fingerprint density at radius 3 is 3.00 bits per heavy atom. The number of rotatable bonds is 3. The number of nitrogens with one attached hydrogen (secondary N) is 1. The minimum Gasteiger partial charge on any atom is -0.311 e. The average Bonchev–Trinajstić information content (AvgIpc) is 2.71. The third-order valence-corrected chi connectivity index (χ3v) is 4.95. The van der Waals surface area contributed by atoms with Gasteiger partial charge in [-0.25, -0.2) is 0 Å². The van der Waals surface area contributed by atoms with Crippen LogP contribution >= 0.6 is 11.8 Å². The molecule has 3 atom stereocenters. The fraction of sp³-hybridized carbons (Fsp3) is 1.00. The molecule has 0 amide bonds. The average molecular weight is 228 g/mol. The van der Waals surface area contributed by atoms with Gasteiger partial charge in [-0.2, -0.15) is 11.8 Å². The summed E-state index contributed by atoms with van der Waals surface area (Å²) in [6, 6.07) is 1.47. The first-order valence-corrected chi connectivity index (χ1v) is 7.50. The summed E-state index contributed by atoms with van der Waals surface area (Å²) in [6.07, 6.45) is 2.74. The Bertz CT molecular complexity index is 192. The van der Waals surface area contributed by atoms with E-state index in [-0.39, 0.29) is 0 Å². The Kier molecular flexibility index (Phi) is 4.35. The lowest BCUT2D eigenvalue weighted by Crippen LogP contribution is -2.56. The third-order valence-electron chi connectivity index (χ3n) is 3.71. The molecule has 2 heterocycles. The maximum absolute atomic E-state index is 3.59. The topological polar surface area (TPSA) is 15.3 Å². The minimum atomic E-state index is 0.682. The second-order valence-corrected chi connectivity index (χ2v) is 6.20. The van der Waals surface area contributed by atoms with Crippen LogP contribution in [0.1, 0.15) is 26.7 Å². The molecule has 0 aromatic carbocycles. The molecular weight excluding hydrogens is 204 g/mol. The van der Waals surface area contributed by atoms with E-state index >= 15 is 0 Å². The summed E-state index contributed by atoms with van der Waals surface area (Å²) in [5, 5.41) is 3.59. The van der Waals surface area contributed by atoms with E-state index in [2.05, 4.69) is 35.8 Å². The van der Waals surface area contributed by atoms with Gasteiger partial charge < -0.3 is 5.32 Å². The van der Waals surface area contributed by atoms with Gasteiger partial charge in [-0.3, -0.25) is 4.90 Å². The first-order chi connectivity index (χ1) is 7.29. The highest BCUT2D eigenvalue weighted by Gasteiger charge is 2.27. The first kappa shape index (κ1) is 11.7. The van der Waals surface area contributed by atoms with Crippen molar-refractivity contribution in [3.8, 4) is 0 Å². The maximum Gasteiger partial charge on any atom is 0.0218 e. The van der Waals surface area contributed by atoms with Crippen molar-refractivity contribution in [2.45, 2.75) is 38.8 Å². The molecule has 3 heteroatoms. The summed E-state index contributed by atoms with van der Waals surface area (Å²) in [5.41, 5.74) is 0. The lowest BCUT2D eigenvalue weighted by molar-refractivity contribution is 0.115. The number of thioether (sulfide) groups is 1. The molecule has 2 rings (SSSR count). The minimum absolute atomic E-state index is 0.682. The molecule has 0 aromatic rings. The molecule has 1 N–H and O–H groups in total. The number of hydrogen-bond donors (Lipinski definition) is 1. The number of hydrogen-bond acceptors (Lipinski definition) is 3. The molecule has 2 aliphatic heterocycles. The zero-order valence-electron chi connectivity index (χ0n) is 10.0. The summed E-state index contributed by atoms with van der Waals surface area (Å²) in [5.74, 6) is 3.76. The highest BCUT2D eigenvalue weighted by Crippen LogP contribution is 2.25. The van der Waals surface area contributed by atoms with Crippen LogP contribution in [0.3, 0.4) is 0 Å². The smallest absolute Gasteiger partial charge is 0.0218 e. The molecule has 0 bridgehead atoms. The van der Waals surface area contributed by atoms with E-state index in [0.717, 1.165) is 12.0 Å². The van der Waals surface area contributed by atoms with E-state index in [0.29, 0.717) is 6.04 Å². The predicted octanol–water partition coefficient (Wildman–Crippen LogP) is 1.81. The standard InChI is InChI=1S/C12H24N2S/c1-3-12-6-13-10(2)7-14(12)8-11-4-5-15-9-11/h10-13H,3-9H2,1-2H3. The van der Waals surface area contributed by atoms with Crippen molar-refractivity contribution in [3.05, 3.63) is 0 Å². The Morgan fingerprint density at radius 2 is 2.33 bits per heavy atom. The van der Waals surface area contributed by atoms with Crippen LogP contribution in [-0.4, -0.2) is 48.1 Å². The molecule has 15 heavy (non-hydrogen) atoms. The lowest BCUT2D eigenvalue weighted by Gasteiger charge is -2.40. The van der Waals surface area contributed by atoms with Crippen LogP contribution in [0.2, 0.25) is 0 Å². The molecule has 3 unspecified atom stereocenters. The van der Waals surface area contributed by atoms with Crippen LogP contribution in [0, 0.1) is 5.92 Å². The second kappa shape index (κ2) is 5.55. The molecule has 2 saturated heterocycles. The van der Waals surface area contributed by atoms with Crippen molar-refractivity contribution in [2.75, 3.05) is 31.1 Å². The van der Waals surface area contributed by atoms with Gasteiger partial charge in [-0.1, -0.05) is 6.92 Å². The highest BCUT2D eigenvalue weighted by atomic mass is 32.2. The molecule has 0 saturated carbocycles. The Morgan fingerprint density at radius 1 is 1.47 bits per heavy atom. The van der Waals surface area contributed by atoms with Gasteiger partial charge in [0.15, 0.2) is 0 Å². The van der Waals surface area contributed by atoms with Gasteiger partial charge in [0.05, 0.1) is 0 Å². The monoisotopic (exact) mass is 228 g/mol. The zero-order chi connectivity index (χ0) is 10.7. The van der Waals surface area contributed by atoms with Crippen molar-refractivity contribution in [1.82, 2.24) is 10.2 Å². The van der Waals surface area contributed by atoms with Crippen molar-refractivity contribution < 1.29 is 0 Å². The normalized spacial score (nSPS) is 38.4. The summed E-state index contributed by atoms with van der Waals surface area (Å²) in [4.78, 5) is 2.73. The van der Waals surface area contributed by atoms with Gasteiger partial charge in [0.1, 0.15) is 0 Å². The quantitative estimate of drug-likeness (QED) is 0.793. The van der Waals surface area contributed by atoms with Crippen LogP contribution in [0.15, 0.2) is 0 Å². The molecule has 0 radical (unpaired) electrons. The van der Waals surface area contributed by atoms with E-state index in [1.165, 1.54) is 44.0 Å². The predicted molar refractivity (Wildman–Crippen MR) is 68.5 cm³/mol. The van der Waals surface area contributed by atoms with Crippen molar-refractivity contribution in [1.29, 1.82) is 0 Å². The van der Waals surface area contributed by atoms with Crippen LogP contribution in [0.25, 0.3) is 0 Å². The van der Waals surface area contributed by atoms with Gasteiger partial charge in [0.2, 0.25) is 0 Å². The van der Waals surface area contributed by atoms with Crippen molar-refractivity contribution in [2.24, 2.45) is 5.92 Å². The van der Waals surface area contributed by atoms with E-state index in [9.17, 15) is 0 Å². The Labute approximate surface area is 98.2 Å². The van der Waals surface area contributed by atoms with Gasteiger partial charge in [0, 0.05) is 31.7 Å². The first-order valence-electron chi connectivity index (χ1n) is 6.34.